The van der Waals surface area contributed by atoms with E-state index in [9.17, 15) is 51.4 Å². The monoisotopic (exact) mass is 679 g/mol. The van der Waals surface area contributed by atoms with Crippen LogP contribution in [-0.2, 0) is 61.5 Å². The van der Waals surface area contributed by atoms with Crippen molar-refractivity contribution in [2.45, 2.75) is 90.5 Å². The molecular weight excluding hydrogens is 642 g/mol. The Morgan fingerprint density at radius 2 is 1.67 bits per heavy atom. The second-order valence-electron chi connectivity index (χ2n) is 9.74. The van der Waals surface area contributed by atoms with Crippen LogP contribution < -0.4 is 16.0 Å². The molecule has 21 heteroatoms. The van der Waals surface area contributed by atoms with Gasteiger partial charge in [-0.3, -0.25) is 38.4 Å². The lowest BCUT2D eigenvalue weighted by Crippen LogP contribution is -2.67. The number of alkyl halides is 3. The molecule has 1 aliphatic rings. The van der Waals surface area contributed by atoms with E-state index in [0.717, 1.165) is 20.8 Å². The Bertz CT molecular complexity index is 1130. The average molecular weight is 680 g/mol. The molecule has 0 saturated carbocycles. The lowest BCUT2D eigenvalue weighted by atomic mass is 9.84. The second-order valence-corrected chi connectivity index (χ2v) is 10.5. The van der Waals surface area contributed by atoms with Crippen molar-refractivity contribution in [2.24, 2.45) is 5.92 Å². The van der Waals surface area contributed by atoms with Gasteiger partial charge in [0.05, 0.1) is 25.1 Å². The first-order valence-corrected chi connectivity index (χ1v) is 14.6. The summed E-state index contributed by atoms with van der Waals surface area (Å²) in [7, 11) is -4.05. The van der Waals surface area contributed by atoms with Crippen molar-refractivity contribution in [3.8, 4) is 0 Å². The molecule has 0 bridgehead atoms. The summed E-state index contributed by atoms with van der Waals surface area (Å²) in [6, 6.07) is -1.61. The first kappa shape index (κ1) is 39.7. The maximum absolute atomic E-state index is 13.4. The molecule has 0 spiro atoms. The normalized spacial score (nSPS) is 24.2. The largest absolute Gasteiger partial charge is 0.471 e. The summed E-state index contributed by atoms with van der Waals surface area (Å²) in [5.41, 5.74) is 0. The highest BCUT2D eigenvalue weighted by molar-refractivity contribution is 7.32. The van der Waals surface area contributed by atoms with Gasteiger partial charge in [-0.15, -0.1) is 0 Å². The molecule has 0 aromatic rings. The van der Waals surface area contributed by atoms with Gasteiger partial charge in [0.25, 0.3) is 5.79 Å². The number of ether oxygens (including phenoxy) is 5. The van der Waals surface area contributed by atoms with Crippen molar-refractivity contribution in [1.29, 1.82) is 0 Å². The van der Waals surface area contributed by atoms with Crippen LogP contribution in [-0.4, -0.2) is 103 Å². The number of halogens is 3. The van der Waals surface area contributed by atoms with Crippen molar-refractivity contribution in [3.05, 3.63) is 0 Å². The molecular formula is C24H37F3N3O14P. The lowest BCUT2D eigenvalue weighted by Gasteiger charge is -2.48. The molecule has 1 heterocycles. The molecule has 17 nitrogen and oxygen atoms in total. The number of hydrogen-bond donors (Lipinski definition) is 4. The number of rotatable bonds is 15. The van der Waals surface area contributed by atoms with Crippen LogP contribution in [0.3, 0.4) is 0 Å². The molecule has 4 N–H and O–H groups in total. The third-order valence-electron chi connectivity index (χ3n) is 6.07. The van der Waals surface area contributed by atoms with Gasteiger partial charge < -0.3 is 39.2 Å². The number of nitrogens with one attached hydrogen (secondary N) is 3. The van der Waals surface area contributed by atoms with E-state index in [0.29, 0.717) is 6.54 Å². The molecule has 0 radical (unpaired) electrons. The number of carbonyl (C=O) groups is 6. The Labute approximate surface area is 256 Å². The van der Waals surface area contributed by atoms with Gasteiger partial charge >= 0.3 is 44.2 Å². The fourth-order valence-electron chi connectivity index (χ4n) is 4.26. The van der Waals surface area contributed by atoms with Gasteiger partial charge in [-0.25, -0.2) is 4.79 Å². The minimum atomic E-state index is -5.32. The highest BCUT2D eigenvalue weighted by Crippen LogP contribution is 2.42. The van der Waals surface area contributed by atoms with Crippen molar-refractivity contribution >= 4 is 43.9 Å². The summed E-state index contributed by atoms with van der Waals surface area (Å²) in [5.74, 6) is -11.8. The zero-order chi connectivity index (χ0) is 34.7. The van der Waals surface area contributed by atoms with Crippen molar-refractivity contribution in [1.82, 2.24) is 16.0 Å². The van der Waals surface area contributed by atoms with Crippen molar-refractivity contribution in [3.63, 3.8) is 0 Å². The summed E-state index contributed by atoms with van der Waals surface area (Å²) in [5, 5.41) is 6.36. The molecule has 258 valence electrons. The summed E-state index contributed by atoms with van der Waals surface area (Å²) in [4.78, 5) is 82.6. The fourth-order valence-corrected chi connectivity index (χ4v) is 4.75. The van der Waals surface area contributed by atoms with Crippen LogP contribution in [0.2, 0.25) is 0 Å². The molecule has 45 heavy (non-hydrogen) atoms. The highest BCUT2D eigenvalue weighted by atomic mass is 31.1. The first-order chi connectivity index (χ1) is 20.7. The van der Waals surface area contributed by atoms with Gasteiger partial charge in [-0.05, 0) is 13.5 Å². The summed E-state index contributed by atoms with van der Waals surface area (Å²) < 4.78 is 81.6. The van der Waals surface area contributed by atoms with Gasteiger partial charge in [-0.1, -0.05) is 13.8 Å². The van der Waals surface area contributed by atoms with Gasteiger partial charge in [0.1, 0.15) is 18.8 Å². The lowest BCUT2D eigenvalue weighted by molar-refractivity contribution is -0.284. The van der Waals surface area contributed by atoms with Gasteiger partial charge in [0, 0.05) is 26.7 Å². The molecule has 1 rings (SSSR count). The molecule has 2 amide bonds. The fraction of sp³-hybridized carbons (Fsp3) is 0.750. The highest BCUT2D eigenvalue weighted by Gasteiger charge is 2.59. The molecule has 1 fully saturated rings. The first-order valence-electron chi connectivity index (χ1n) is 13.4. The number of amides is 2. The number of hydrogen-bond acceptors (Lipinski definition) is 14. The van der Waals surface area contributed by atoms with Crippen LogP contribution in [0.5, 0.6) is 0 Å². The zero-order valence-electron chi connectivity index (χ0n) is 25.2. The molecule has 4 unspecified atom stereocenters. The smallest absolute Gasteiger partial charge is 0.462 e. The molecule has 0 aromatic heterocycles. The molecule has 8 atom stereocenters. The quantitative estimate of drug-likeness (QED) is 0.0746. The summed E-state index contributed by atoms with van der Waals surface area (Å²) >= 11 is 0. The summed E-state index contributed by atoms with van der Waals surface area (Å²) in [6.45, 7) is 5.85. The van der Waals surface area contributed by atoms with Gasteiger partial charge in [-0.2, -0.15) is 13.2 Å². The Balaban J connectivity index is 3.72. The van der Waals surface area contributed by atoms with E-state index < -0.39 is 112 Å². The predicted octanol–water partition coefficient (Wildman–Crippen LogP) is -0.405. The summed E-state index contributed by atoms with van der Waals surface area (Å²) in [6.07, 6.45) is -12.0. The van der Waals surface area contributed by atoms with E-state index in [1.165, 1.54) is 19.2 Å². The SMILES string of the molecule is CCNC(C)OC(=O)[C@]1(O[PH](=O)O)CC(OC(C)=O)[C@@H](NC(=O)CNC(=O)C(F)(F)F)C([C@H](C)[C@@H](COC(C)=O)OC(C)=O)O1. The van der Waals surface area contributed by atoms with Crippen LogP contribution in [0, 0.1) is 5.92 Å². The van der Waals surface area contributed by atoms with E-state index in [1.54, 1.807) is 6.92 Å². The minimum absolute atomic E-state index is 0.314. The Hall–Kier alpha value is -3.32. The third kappa shape index (κ3) is 12.9. The van der Waals surface area contributed by atoms with Gasteiger partial charge in [0.2, 0.25) is 5.91 Å². The average Bonchev–Trinajstić information content (AvgIpc) is 2.89. The van der Waals surface area contributed by atoms with E-state index in [1.807, 2.05) is 0 Å². The van der Waals surface area contributed by atoms with Crippen molar-refractivity contribution < 1.29 is 79.6 Å². The minimum Gasteiger partial charge on any atom is -0.462 e. The maximum Gasteiger partial charge on any atom is 0.471 e. The van der Waals surface area contributed by atoms with E-state index in [2.05, 4.69) is 10.6 Å². The predicted molar refractivity (Wildman–Crippen MR) is 142 cm³/mol. The molecule has 1 saturated heterocycles. The number of esters is 4. The van der Waals surface area contributed by atoms with Crippen LogP contribution >= 0.6 is 8.25 Å². The molecule has 0 aromatic carbocycles. The Morgan fingerprint density at radius 1 is 1.04 bits per heavy atom. The zero-order valence-corrected chi connectivity index (χ0v) is 26.2. The second kappa shape index (κ2) is 17.4. The van der Waals surface area contributed by atoms with Crippen LogP contribution in [0.25, 0.3) is 0 Å². The topological polar surface area (TPSA) is 231 Å². The van der Waals surface area contributed by atoms with Crippen molar-refractivity contribution in [2.75, 3.05) is 19.7 Å². The number of carbonyl (C=O) groups excluding carboxylic acids is 6. The Kier molecular flexibility index (Phi) is 15.3. The van der Waals surface area contributed by atoms with Gasteiger partial charge in [0.15, 0.2) is 6.23 Å². The maximum atomic E-state index is 13.4. The van der Waals surface area contributed by atoms with E-state index in [-0.39, 0.29) is 0 Å². The van der Waals surface area contributed by atoms with Crippen LogP contribution in [0.4, 0.5) is 13.2 Å². The molecule has 1 aliphatic heterocycles. The standard InChI is InChI=1S/C24H37F3N3O14P/c1-7-28-12(3)40-22(36)23(44-45(37)38)8-16(41-14(5)32)19(30-18(34)9-29-21(35)24(25,26)27)20(43-23)11(2)17(42-15(6)33)10-39-13(4)31/h11-12,16-17,19-20,28,45H,7-10H2,1-6H3,(H,29,35)(H,30,34)(H,37,38)/t11-,12?,16?,17-,19-,20?,23-/m1/s1. The van der Waals surface area contributed by atoms with Crippen LogP contribution in [0.15, 0.2) is 0 Å². The molecule has 0 aliphatic carbocycles. The third-order valence-corrected chi connectivity index (χ3v) is 6.58. The van der Waals surface area contributed by atoms with E-state index >= 15 is 0 Å². The van der Waals surface area contributed by atoms with E-state index in [4.69, 9.17) is 28.2 Å². The Morgan fingerprint density at radius 3 is 2.16 bits per heavy atom. The van der Waals surface area contributed by atoms with Crippen LogP contribution in [0.1, 0.15) is 48.0 Å².